The number of benzene rings is 1. The van der Waals surface area contributed by atoms with E-state index in [1.807, 2.05) is 0 Å². The van der Waals surface area contributed by atoms with Crippen molar-refractivity contribution in [3.63, 3.8) is 0 Å². The summed E-state index contributed by atoms with van der Waals surface area (Å²) in [6.45, 7) is 1.97. The van der Waals surface area contributed by atoms with Gasteiger partial charge < -0.3 is 14.8 Å². The number of hydrogen-bond donors (Lipinski definition) is 1. The van der Waals surface area contributed by atoms with Crippen molar-refractivity contribution >= 4 is 29.2 Å². The standard InChI is InChI=1S/C16H15ClN2O4/c1-3-23-16(21)10-7-11(9-12(8-10)22-2)19-15(20)13-5-4-6-18-14(13)17/h4-9H,3H2,1-2H3,(H,19,20). The highest BCUT2D eigenvalue weighted by atomic mass is 35.5. The molecule has 1 N–H and O–H groups in total. The predicted octanol–water partition coefficient (Wildman–Crippen LogP) is 3.17. The van der Waals surface area contributed by atoms with E-state index >= 15 is 0 Å². The van der Waals surface area contributed by atoms with Gasteiger partial charge in [-0.25, -0.2) is 9.78 Å². The summed E-state index contributed by atoms with van der Waals surface area (Å²) in [5.41, 5.74) is 0.894. The van der Waals surface area contributed by atoms with E-state index < -0.39 is 11.9 Å². The van der Waals surface area contributed by atoms with Crippen LogP contribution < -0.4 is 10.1 Å². The van der Waals surface area contributed by atoms with Crippen LogP contribution in [0.15, 0.2) is 36.5 Å². The first-order valence-electron chi connectivity index (χ1n) is 6.83. The number of hydrogen-bond acceptors (Lipinski definition) is 5. The molecule has 0 bridgehead atoms. The largest absolute Gasteiger partial charge is 0.497 e. The minimum Gasteiger partial charge on any atom is -0.497 e. The molecular formula is C16H15ClN2O4. The van der Waals surface area contributed by atoms with Crippen molar-refractivity contribution < 1.29 is 19.1 Å². The number of aromatic nitrogens is 1. The normalized spacial score (nSPS) is 10.0. The Morgan fingerprint density at radius 3 is 2.74 bits per heavy atom. The molecule has 0 saturated heterocycles. The highest BCUT2D eigenvalue weighted by molar-refractivity contribution is 6.33. The molecule has 23 heavy (non-hydrogen) atoms. The second kappa shape index (κ2) is 7.60. The van der Waals surface area contributed by atoms with Gasteiger partial charge in [-0.15, -0.1) is 0 Å². The van der Waals surface area contributed by atoms with Crippen molar-refractivity contribution in [2.75, 3.05) is 19.0 Å². The summed E-state index contributed by atoms with van der Waals surface area (Å²) in [7, 11) is 1.47. The number of halogens is 1. The Hall–Kier alpha value is -2.60. The van der Waals surface area contributed by atoms with E-state index in [4.69, 9.17) is 21.1 Å². The number of carbonyl (C=O) groups excluding carboxylic acids is 2. The summed E-state index contributed by atoms with van der Waals surface area (Å²) < 4.78 is 10.1. The van der Waals surface area contributed by atoms with E-state index in [-0.39, 0.29) is 22.9 Å². The molecule has 0 fully saturated rings. The van der Waals surface area contributed by atoms with Gasteiger partial charge in [0.15, 0.2) is 0 Å². The molecule has 1 heterocycles. The van der Waals surface area contributed by atoms with Crippen molar-refractivity contribution in [1.82, 2.24) is 4.98 Å². The number of nitrogens with zero attached hydrogens (tertiary/aromatic N) is 1. The topological polar surface area (TPSA) is 77.5 Å². The fourth-order valence-corrected chi connectivity index (χ4v) is 2.08. The monoisotopic (exact) mass is 334 g/mol. The molecule has 1 aromatic heterocycles. The Kier molecular flexibility index (Phi) is 5.54. The van der Waals surface area contributed by atoms with Gasteiger partial charge in [0.25, 0.3) is 5.91 Å². The van der Waals surface area contributed by atoms with Crippen molar-refractivity contribution in [3.8, 4) is 5.75 Å². The van der Waals surface area contributed by atoms with Gasteiger partial charge in [0, 0.05) is 18.0 Å². The van der Waals surface area contributed by atoms with Crippen molar-refractivity contribution in [2.45, 2.75) is 6.92 Å². The van der Waals surface area contributed by atoms with Crippen LogP contribution in [0.2, 0.25) is 5.15 Å². The lowest BCUT2D eigenvalue weighted by atomic mass is 10.1. The Morgan fingerprint density at radius 2 is 2.09 bits per heavy atom. The highest BCUT2D eigenvalue weighted by Crippen LogP contribution is 2.23. The molecule has 0 unspecified atom stereocenters. The number of methoxy groups -OCH3 is 1. The lowest BCUT2D eigenvalue weighted by Crippen LogP contribution is -2.14. The fourth-order valence-electron chi connectivity index (χ4n) is 1.88. The maximum absolute atomic E-state index is 12.2. The molecule has 2 aromatic rings. The molecule has 0 spiro atoms. The van der Waals surface area contributed by atoms with Gasteiger partial charge in [0.2, 0.25) is 0 Å². The van der Waals surface area contributed by atoms with E-state index in [9.17, 15) is 9.59 Å². The lowest BCUT2D eigenvalue weighted by molar-refractivity contribution is 0.0526. The van der Waals surface area contributed by atoms with Crippen molar-refractivity contribution in [3.05, 3.63) is 52.8 Å². The number of anilines is 1. The quantitative estimate of drug-likeness (QED) is 0.671. The van der Waals surface area contributed by atoms with Crippen LogP contribution in [0.1, 0.15) is 27.6 Å². The zero-order valence-corrected chi connectivity index (χ0v) is 13.4. The first-order valence-corrected chi connectivity index (χ1v) is 7.21. The molecule has 120 valence electrons. The first-order chi connectivity index (χ1) is 11.0. The van der Waals surface area contributed by atoms with Crippen LogP contribution in [0.4, 0.5) is 5.69 Å². The average Bonchev–Trinajstić information content (AvgIpc) is 2.55. The van der Waals surface area contributed by atoms with E-state index in [0.29, 0.717) is 11.4 Å². The maximum atomic E-state index is 12.2. The van der Waals surface area contributed by atoms with Gasteiger partial charge in [-0.05, 0) is 31.2 Å². The summed E-state index contributed by atoms with van der Waals surface area (Å²) in [5.74, 6) is -0.518. The Labute approximate surface area is 138 Å². The molecular weight excluding hydrogens is 320 g/mol. The van der Waals surface area contributed by atoms with Crippen LogP contribution in [0.5, 0.6) is 5.75 Å². The van der Waals surface area contributed by atoms with Crippen LogP contribution in [0.3, 0.4) is 0 Å². The molecule has 1 amide bonds. The number of carbonyl (C=O) groups is 2. The summed E-state index contributed by atoms with van der Waals surface area (Å²) in [6.07, 6.45) is 1.49. The molecule has 0 aliphatic carbocycles. The third kappa shape index (κ3) is 4.20. The molecule has 6 nitrogen and oxygen atoms in total. The molecule has 2 rings (SSSR count). The SMILES string of the molecule is CCOC(=O)c1cc(NC(=O)c2cccnc2Cl)cc(OC)c1. The lowest BCUT2D eigenvalue weighted by Gasteiger charge is -2.10. The molecule has 0 aliphatic heterocycles. The van der Waals surface area contributed by atoms with E-state index in [0.717, 1.165) is 0 Å². The molecule has 0 saturated carbocycles. The fraction of sp³-hybridized carbons (Fsp3) is 0.188. The second-order valence-electron chi connectivity index (χ2n) is 4.47. The van der Waals surface area contributed by atoms with E-state index in [2.05, 4.69) is 10.3 Å². The van der Waals surface area contributed by atoms with Gasteiger partial charge in [-0.1, -0.05) is 11.6 Å². The minimum atomic E-state index is -0.499. The number of rotatable bonds is 5. The highest BCUT2D eigenvalue weighted by Gasteiger charge is 2.14. The first kappa shape index (κ1) is 16.8. The Morgan fingerprint density at radius 1 is 1.30 bits per heavy atom. The second-order valence-corrected chi connectivity index (χ2v) is 4.82. The van der Waals surface area contributed by atoms with Crippen LogP contribution in [0.25, 0.3) is 0 Å². The van der Waals surface area contributed by atoms with E-state index in [1.165, 1.54) is 25.4 Å². The number of esters is 1. The summed E-state index contributed by atoms with van der Waals surface area (Å²) >= 11 is 5.90. The average molecular weight is 335 g/mol. The molecule has 1 aromatic carbocycles. The molecule has 0 radical (unpaired) electrons. The summed E-state index contributed by atoms with van der Waals surface area (Å²) in [4.78, 5) is 28.0. The zero-order valence-electron chi connectivity index (χ0n) is 12.6. The van der Waals surface area contributed by atoms with Gasteiger partial charge >= 0.3 is 5.97 Å². The Bertz CT molecular complexity index is 734. The van der Waals surface area contributed by atoms with Crippen molar-refractivity contribution in [2.24, 2.45) is 0 Å². The Balaban J connectivity index is 2.28. The number of amides is 1. The van der Waals surface area contributed by atoms with Gasteiger partial charge in [-0.2, -0.15) is 0 Å². The third-order valence-electron chi connectivity index (χ3n) is 2.91. The minimum absolute atomic E-state index is 0.0958. The third-order valence-corrected chi connectivity index (χ3v) is 3.22. The van der Waals surface area contributed by atoms with Crippen molar-refractivity contribution in [1.29, 1.82) is 0 Å². The van der Waals surface area contributed by atoms with Gasteiger partial charge in [0.1, 0.15) is 10.9 Å². The zero-order chi connectivity index (χ0) is 16.8. The summed E-state index contributed by atoms with van der Waals surface area (Å²) in [6, 6.07) is 7.78. The van der Waals surface area contributed by atoms with E-state index in [1.54, 1.807) is 25.1 Å². The molecule has 0 aliphatic rings. The number of ether oxygens (including phenoxy) is 2. The smallest absolute Gasteiger partial charge is 0.338 e. The maximum Gasteiger partial charge on any atom is 0.338 e. The predicted molar refractivity (Wildman–Crippen MR) is 86.2 cm³/mol. The number of nitrogens with one attached hydrogen (secondary N) is 1. The summed E-state index contributed by atoms with van der Waals surface area (Å²) in [5, 5.41) is 2.76. The van der Waals surface area contributed by atoms with Gasteiger partial charge in [0.05, 0.1) is 24.8 Å². The van der Waals surface area contributed by atoms with Crippen LogP contribution in [-0.4, -0.2) is 30.6 Å². The molecule has 0 atom stereocenters. The van der Waals surface area contributed by atoms with Crippen LogP contribution in [-0.2, 0) is 4.74 Å². The van der Waals surface area contributed by atoms with Crippen LogP contribution in [0, 0.1) is 0 Å². The number of pyridine rings is 1. The van der Waals surface area contributed by atoms with Crippen LogP contribution >= 0.6 is 11.6 Å². The molecule has 7 heteroatoms. The van der Waals surface area contributed by atoms with Gasteiger partial charge in [-0.3, -0.25) is 4.79 Å².